The number of hydrogen-bond donors (Lipinski definition) is 0. The Morgan fingerprint density at radius 3 is 1.38 bits per heavy atom. The maximum Gasteiger partial charge on any atom is 0.0361 e. The number of hydrogen-bond acceptors (Lipinski definition) is 2. The fourth-order valence-corrected chi connectivity index (χ4v) is 13.1. The Bertz CT molecular complexity index is 3630. The second-order valence-corrected chi connectivity index (χ2v) is 18.3. The normalized spacial score (nSPS) is 14.0. The first-order valence-electron chi connectivity index (χ1n) is 20.9. The van der Waals surface area contributed by atoms with Crippen molar-refractivity contribution in [1.29, 1.82) is 0 Å². The summed E-state index contributed by atoms with van der Waals surface area (Å²) in [7, 11) is 0. The van der Waals surface area contributed by atoms with Crippen LogP contribution < -0.4 is 0 Å². The molecule has 0 saturated heterocycles. The van der Waals surface area contributed by atoms with Gasteiger partial charge in [0.1, 0.15) is 0 Å². The Morgan fingerprint density at radius 2 is 0.800 bits per heavy atom. The molecule has 10 aromatic carbocycles. The van der Waals surface area contributed by atoms with Crippen molar-refractivity contribution in [2.45, 2.75) is 12.3 Å². The van der Waals surface area contributed by atoms with Crippen LogP contribution in [0.4, 0.5) is 0 Å². The minimum absolute atomic E-state index is 0.228. The van der Waals surface area contributed by atoms with Crippen molar-refractivity contribution in [1.82, 2.24) is 0 Å². The standard InChI is InChI=1S/C58H36S2/c1-2-17-35(18-3-1)52-36-19-4-6-21-38(36)55(39-22-7-5-20-37(39)52)47-30-14-31-48-57-46(29-16-34-51(57)60-58(47)48)54-42-25-10-8-23-40(42)53(41-24-9-11-26-43(41)54)45-28-15-33-50-56(45)44-27-12-13-32-49(44)59-50/h1-29,31-34,47H,30H2. The number of allylic oxidation sites excluding steroid dienone is 1. The summed E-state index contributed by atoms with van der Waals surface area (Å²) in [5.41, 5.74) is 10.6. The highest BCUT2D eigenvalue weighted by atomic mass is 32.1. The van der Waals surface area contributed by atoms with E-state index in [0.29, 0.717) is 0 Å². The van der Waals surface area contributed by atoms with Crippen molar-refractivity contribution in [3.63, 3.8) is 0 Å². The van der Waals surface area contributed by atoms with Gasteiger partial charge in [-0.1, -0.05) is 182 Å². The highest BCUT2D eigenvalue weighted by molar-refractivity contribution is 7.26. The predicted octanol–water partition coefficient (Wildman–Crippen LogP) is 17.4. The van der Waals surface area contributed by atoms with E-state index in [-0.39, 0.29) is 5.92 Å². The maximum absolute atomic E-state index is 2.44. The molecule has 2 heteroatoms. The summed E-state index contributed by atoms with van der Waals surface area (Å²) in [6, 6.07) is 70.2. The molecular formula is C58H36S2. The minimum Gasteiger partial charge on any atom is -0.139 e. The lowest BCUT2D eigenvalue weighted by atomic mass is 9.79. The van der Waals surface area contributed by atoms with Gasteiger partial charge < -0.3 is 0 Å². The topological polar surface area (TPSA) is 0 Å². The van der Waals surface area contributed by atoms with Crippen LogP contribution in [-0.4, -0.2) is 0 Å². The summed E-state index contributed by atoms with van der Waals surface area (Å²) < 4.78 is 4.01. The van der Waals surface area contributed by atoms with Gasteiger partial charge in [0.25, 0.3) is 0 Å². The molecule has 0 bridgehead atoms. The second kappa shape index (κ2) is 13.3. The smallest absolute Gasteiger partial charge is 0.0361 e. The molecule has 1 aliphatic carbocycles. The van der Waals surface area contributed by atoms with Gasteiger partial charge >= 0.3 is 0 Å². The molecule has 0 radical (unpaired) electrons. The molecule has 2 aromatic heterocycles. The average Bonchev–Trinajstić information content (AvgIpc) is 3.90. The summed E-state index contributed by atoms with van der Waals surface area (Å²) in [4.78, 5) is 1.46. The third-order valence-electron chi connectivity index (χ3n) is 13.0. The molecular weight excluding hydrogens is 761 g/mol. The zero-order chi connectivity index (χ0) is 39.3. The Morgan fingerprint density at radius 1 is 0.350 bits per heavy atom. The Hall–Kier alpha value is -6.84. The lowest BCUT2D eigenvalue weighted by Gasteiger charge is -2.25. The highest BCUT2D eigenvalue weighted by Crippen LogP contribution is 2.54. The molecule has 0 fully saturated rings. The van der Waals surface area contributed by atoms with Crippen molar-refractivity contribution in [2.24, 2.45) is 0 Å². The maximum atomic E-state index is 2.44. The molecule has 12 aromatic rings. The number of rotatable bonds is 4. The summed E-state index contributed by atoms with van der Waals surface area (Å²) >= 11 is 3.88. The fraction of sp³-hybridized carbons (Fsp3) is 0.0345. The van der Waals surface area contributed by atoms with Crippen molar-refractivity contribution in [3.8, 4) is 33.4 Å². The predicted molar refractivity (Wildman–Crippen MR) is 263 cm³/mol. The van der Waals surface area contributed by atoms with E-state index in [1.807, 2.05) is 22.7 Å². The summed E-state index contributed by atoms with van der Waals surface area (Å²) in [5, 5.41) is 14.5. The first-order valence-corrected chi connectivity index (χ1v) is 22.5. The molecule has 1 unspecified atom stereocenters. The van der Waals surface area contributed by atoms with E-state index >= 15 is 0 Å². The number of fused-ring (bicyclic) bond motifs is 10. The Labute approximate surface area is 355 Å². The highest BCUT2D eigenvalue weighted by Gasteiger charge is 2.30. The van der Waals surface area contributed by atoms with Crippen LogP contribution in [0.5, 0.6) is 0 Å². The van der Waals surface area contributed by atoms with Gasteiger partial charge in [0.2, 0.25) is 0 Å². The molecule has 1 aliphatic rings. The first kappa shape index (κ1) is 34.1. The van der Waals surface area contributed by atoms with Crippen LogP contribution in [0.2, 0.25) is 0 Å². The quantitative estimate of drug-likeness (QED) is 0.156. The van der Waals surface area contributed by atoms with Gasteiger partial charge in [0.15, 0.2) is 0 Å². The monoisotopic (exact) mass is 796 g/mol. The molecule has 280 valence electrons. The summed E-state index contributed by atoms with van der Waals surface area (Å²) in [6.45, 7) is 0. The van der Waals surface area contributed by atoms with Crippen LogP contribution in [0.15, 0.2) is 194 Å². The molecule has 0 saturated carbocycles. The molecule has 0 spiro atoms. The van der Waals surface area contributed by atoms with Crippen LogP contribution in [0.25, 0.3) is 113 Å². The van der Waals surface area contributed by atoms with Gasteiger partial charge in [-0.05, 0) is 112 Å². The van der Waals surface area contributed by atoms with Gasteiger partial charge in [0.05, 0.1) is 0 Å². The molecule has 0 N–H and O–H groups in total. The van der Waals surface area contributed by atoms with Crippen molar-refractivity contribution in [2.75, 3.05) is 0 Å². The first-order chi connectivity index (χ1) is 29.8. The van der Waals surface area contributed by atoms with Crippen LogP contribution in [0.3, 0.4) is 0 Å². The SMILES string of the molecule is C1=Cc2c(sc3cccc(-c4c5ccccc5c(-c5cccc6sc7ccccc7c56)c5ccccc45)c23)C(c2c3ccccc3c(-c3ccccc3)c3ccccc23)C1. The van der Waals surface area contributed by atoms with Gasteiger partial charge in [-0.25, -0.2) is 0 Å². The zero-order valence-electron chi connectivity index (χ0n) is 32.7. The average molecular weight is 797 g/mol. The Kier molecular flexibility index (Phi) is 7.57. The van der Waals surface area contributed by atoms with Crippen molar-refractivity contribution in [3.05, 3.63) is 210 Å². The Balaban J connectivity index is 1.08. The van der Waals surface area contributed by atoms with E-state index in [1.54, 1.807) is 0 Å². The third-order valence-corrected chi connectivity index (χ3v) is 15.4. The molecule has 0 nitrogen and oxygen atoms in total. The van der Waals surface area contributed by atoms with Gasteiger partial charge in [0, 0.05) is 41.1 Å². The lowest BCUT2D eigenvalue weighted by Crippen LogP contribution is -2.05. The van der Waals surface area contributed by atoms with Crippen LogP contribution in [-0.2, 0) is 0 Å². The van der Waals surface area contributed by atoms with E-state index in [0.717, 1.165) is 6.42 Å². The van der Waals surface area contributed by atoms with E-state index in [4.69, 9.17) is 0 Å². The molecule has 0 aliphatic heterocycles. The number of thiophene rings is 2. The summed E-state index contributed by atoms with van der Waals surface area (Å²) in [6.07, 6.45) is 5.84. The van der Waals surface area contributed by atoms with Crippen molar-refractivity contribution < 1.29 is 0 Å². The van der Waals surface area contributed by atoms with Crippen LogP contribution >= 0.6 is 22.7 Å². The summed E-state index contributed by atoms with van der Waals surface area (Å²) in [5.74, 6) is 0.228. The molecule has 13 rings (SSSR count). The van der Waals surface area contributed by atoms with Crippen LogP contribution in [0, 0.1) is 0 Å². The van der Waals surface area contributed by atoms with Gasteiger partial charge in [-0.15, -0.1) is 22.7 Å². The van der Waals surface area contributed by atoms with Crippen LogP contribution in [0.1, 0.15) is 28.3 Å². The zero-order valence-corrected chi connectivity index (χ0v) is 34.3. The van der Waals surface area contributed by atoms with E-state index in [9.17, 15) is 0 Å². The molecule has 2 heterocycles. The third kappa shape index (κ3) is 4.90. The molecule has 0 amide bonds. The molecule has 60 heavy (non-hydrogen) atoms. The lowest BCUT2D eigenvalue weighted by molar-refractivity contribution is 0.855. The van der Waals surface area contributed by atoms with Crippen molar-refractivity contribution >= 4 is 102 Å². The second-order valence-electron chi connectivity index (χ2n) is 16.1. The van der Waals surface area contributed by atoms with Gasteiger partial charge in [-0.2, -0.15) is 0 Å². The fourth-order valence-electron chi connectivity index (χ4n) is 10.6. The van der Waals surface area contributed by atoms with Gasteiger partial charge in [-0.3, -0.25) is 0 Å². The number of benzene rings is 10. The minimum atomic E-state index is 0.228. The largest absolute Gasteiger partial charge is 0.139 e. The molecule has 1 atom stereocenters. The van der Waals surface area contributed by atoms with E-state index in [2.05, 4.69) is 200 Å². The van der Waals surface area contributed by atoms with E-state index in [1.165, 1.54) is 123 Å². The van der Waals surface area contributed by atoms with E-state index < -0.39 is 0 Å².